The summed E-state index contributed by atoms with van der Waals surface area (Å²) in [6, 6.07) is 7.43. The minimum atomic E-state index is 0.0181. The van der Waals surface area contributed by atoms with E-state index in [1.807, 2.05) is 24.3 Å². The highest BCUT2D eigenvalue weighted by atomic mass is 35.5. The maximum atomic E-state index is 11.9. The summed E-state index contributed by atoms with van der Waals surface area (Å²) in [5.41, 5.74) is 1.03. The maximum Gasteiger partial charge on any atom is 0.234 e. The van der Waals surface area contributed by atoms with Gasteiger partial charge in [-0.2, -0.15) is 0 Å². The molecular weight excluding hydrogens is 276 g/mol. The van der Waals surface area contributed by atoms with Gasteiger partial charge in [0, 0.05) is 17.5 Å². The number of carbonyl (C=O) groups is 2. The molecule has 0 aliphatic carbocycles. The van der Waals surface area contributed by atoms with Crippen LogP contribution in [0.4, 0.5) is 0 Å². The van der Waals surface area contributed by atoms with E-state index in [1.54, 1.807) is 0 Å². The standard InChI is InChI=1S/C15H19ClN2O2/c16-14-3-1-12(2-4-14)9-17-15(20)10-18-7-5-13(11-19)6-8-18/h1-4,11,13H,5-10H2,(H,17,20). The number of likely N-dealkylation sites (tertiary alicyclic amines) is 1. The Morgan fingerprint density at radius 2 is 1.95 bits per heavy atom. The second kappa shape index (κ2) is 7.41. The highest BCUT2D eigenvalue weighted by Gasteiger charge is 2.19. The molecule has 2 rings (SSSR count). The zero-order valence-corrected chi connectivity index (χ0v) is 12.1. The van der Waals surface area contributed by atoms with Crippen molar-refractivity contribution in [1.82, 2.24) is 10.2 Å². The van der Waals surface area contributed by atoms with Crippen molar-refractivity contribution in [2.24, 2.45) is 5.92 Å². The predicted octanol–water partition coefficient (Wildman–Crippen LogP) is 1.87. The first-order chi connectivity index (χ1) is 9.67. The van der Waals surface area contributed by atoms with Gasteiger partial charge >= 0.3 is 0 Å². The zero-order chi connectivity index (χ0) is 14.4. The van der Waals surface area contributed by atoms with Crippen LogP contribution in [0.2, 0.25) is 5.02 Å². The van der Waals surface area contributed by atoms with E-state index in [-0.39, 0.29) is 11.8 Å². The van der Waals surface area contributed by atoms with Gasteiger partial charge in [-0.05, 0) is 43.6 Å². The maximum absolute atomic E-state index is 11.9. The van der Waals surface area contributed by atoms with Crippen LogP contribution in [-0.2, 0) is 16.1 Å². The van der Waals surface area contributed by atoms with Gasteiger partial charge in [0.25, 0.3) is 0 Å². The molecule has 0 bridgehead atoms. The van der Waals surface area contributed by atoms with Gasteiger partial charge in [0.1, 0.15) is 6.29 Å². The Morgan fingerprint density at radius 1 is 1.30 bits per heavy atom. The lowest BCUT2D eigenvalue weighted by Gasteiger charge is -2.28. The highest BCUT2D eigenvalue weighted by Crippen LogP contribution is 2.14. The van der Waals surface area contributed by atoms with Crippen LogP contribution < -0.4 is 5.32 Å². The van der Waals surface area contributed by atoms with Crippen LogP contribution in [0.3, 0.4) is 0 Å². The Hall–Kier alpha value is -1.39. The molecule has 1 N–H and O–H groups in total. The van der Waals surface area contributed by atoms with Crippen molar-refractivity contribution in [3.8, 4) is 0 Å². The first-order valence-electron chi connectivity index (χ1n) is 6.86. The summed E-state index contributed by atoms with van der Waals surface area (Å²) in [5, 5.41) is 3.59. The van der Waals surface area contributed by atoms with E-state index in [0.29, 0.717) is 18.1 Å². The Labute approximate surface area is 124 Å². The number of hydrogen-bond donors (Lipinski definition) is 1. The normalized spacial score (nSPS) is 16.9. The van der Waals surface area contributed by atoms with Crippen molar-refractivity contribution in [2.75, 3.05) is 19.6 Å². The van der Waals surface area contributed by atoms with Crippen molar-refractivity contribution in [1.29, 1.82) is 0 Å². The number of aldehydes is 1. The number of nitrogens with zero attached hydrogens (tertiary/aromatic N) is 1. The monoisotopic (exact) mass is 294 g/mol. The van der Waals surface area contributed by atoms with E-state index in [0.717, 1.165) is 37.8 Å². The van der Waals surface area contributed by atoms with Gasteiger partial charge in [0.15, 0.2) is 0 Å². The van der Waals surface area contributed by atoms with E-state index < -0.39 is 0 Å². The smallest absolute Gasteiger partial charge is 0.234 e. The van der Waals surface area contributed by atoms with Gasteiger partial charge < -0.3 is 10.1 Å². The van der Waals surface area contributed by atoms with Crippen molar-refractivity contribution >= 4 is 23.8 Å². The molecule has 0 radical (unpaired) electrons. The molecule has 1 saturated heterocycles. The Balaban J connectivity index is 1.70. The molecule has 0 aromatic heterocycles. The lowest BCUT2D eigenvalue weighted by atomic mass is 9.99. The topological polar surface area (TPSA) is 49.4 Å². The Kier molecular flexibility index (Phi) is 5.56. The number of carbonyl (C=O) groups excluding carboxylic acids is 2. The van der Waals surface area contributed by atoms with Gasteiger partial charge in [-0.15, -0.1) is 0 Å². The van der Waals surface area contributed by atoms with Crippen molar-refractivity contribution in [2.45, 2.75) is 19.4 Å². The molecule has 1 fully saturated rings. The van der Waals surface area contributed by atoms with E-state index in [4.69, 9.17) is 11.6 Å². The first kappa shape index (κ1) is 15.0. The molecule has 1 aliphatic heterocycles. The van der Waals surface area contributed by atoms with E-state index in [1.165, 1.54) is 0 Å². The summed E-state index contributed by atoms with van der Waals surface area (Å²) in [6.45, 7) is 2.55. The average molecular weight is 295 g/mol. The fraction of sp³-hybridized carbons (Fsp3) is 0.467. The largest absolute Gasteiger partial charge is 0.351 e. The predicted molar refractivity (Wildman–Crippen MR) is 78.5 cm³/mol. The van der Waals surface area contributed by atoms with Crippen LogP contribution in [0.25, 0.3) is 0 Å². The SMILES string of the molecule is O=CC1CCN(CC(=O)NCc2ccc(Cl)cc2)CC1. The van der Waals surface area contributed by atoms with Gasteiger partial charge in [-0.1, -0.05) is 23.7 Å². The van der Waals surface area contributed by atoms with Crippen LogP contribution in [0.1, 0.15) is 18.4 Å². The molecule has 1 amide bonds. The molecule has 108 valence electrons. The van der Waals surface area contributed by atoms with Crippen molar-refractivity contribution < 1.29 is 9.59 Å². The fourth-order valence-electron chi connectivity index (χ4n) is 2.31. The molecule has 1 aromatic rings. The summed E-state index contributed by atoms with van der Waals surface area (Å²) in [6.07, 6.45) is 2.74. The number of piperidine rings is 1. The second-order valence-electron chi connectivity index (χ2n) is 5.15. The lowest BCUT2D eigenvalue weighted by Crippen LogP contribution is -2.41. The molecule has 0 atom stereocenters. The van der Waals surface area contributed by atoms with Gasteiger partial charge in [-0.3, -0.25) is 9.69 Å². The highest BCUT2D eigenvalue weighted by molar-refractivity contribution is 6.30. The molecule has 4 nitrogen and oxygen atoms in total. The number of nitrogens with one attached hydrogen (secondary N) is 1. The van der Waals surface area contributed by atoms with Crippen molar-refractivity contribution in [3.63, 3.8) is 0 Å². The Bertz CT molecular complexity index is 453. The molecule has 20 heavy (non-hydrogen) atoms. The summed E-state index contributed by atoms with van der Waals surface area (Å²) in [7, 11) is 0. The molecular formula is C15H19ClN2O2. The van der Waals surface area contributed by atoms with Crippen LogP contribution in [0.5, 0.6) is 0 Å². The summed E-state index contributed by atoms with van der Waals surface area (Å²) >= 11 is 5.81. The molecule has 0 unspecified atom stereocenters. The summed E-state index contributed by atoms with van der Waals surface area (Å²) in [5.74, 6) is 0.188. The van der Waals surface area contributed by atoms with Crippen LogP contribution in [0, 0.1) is 5.92 Å². The summed E-state index contributed by atoms with van der Waals surface area (Å²) in [4.78, 5) is 24.6. The van der Waals surface area contributed by atoms with E-state index in [9.17, 15) is 9.59 Å². The number of halogens is 1. The first-order valence-corrected chi connectivity index (χ1v) is 7.24. The van der Waals surface area contributed by atoms with Crippen LogP contribution in [-0.4, -0.2) is 36.7 Å². The molecule has 5 heteroatoms. The quantitative estimate of drug-likeness (QED) is 0.844. The number of hydrogen-bond acceptors (Lipinski definition) is 3. The molecule has 0 spiro atoms. The number of benzene rings is 1. The zero-order valence-electron chi connectivity index (χ0n) is 11.3. The third-order valence-electron chi connectivity index (χ3n) is 3.59. The lowest BCUT2D eigenvalue weighted by molar-refractivity contribution is -0.122. The molecule has 0 saturated carbocycles. The minimum absolute atomic E-state index is 0.0181. The number of amides is 1. The minimum Gasteiger partial charge on any atom is -0.351 e. The average Bonchev–Trinajstić information content (AvgIpc) is 2.47. The summed E-state index contributed by atoms with van der Waals surface area (Å²) < 4.78 is 0. The van der Waals surface area contributed by atoms with Crippen molar-refractivity contribution in [3.05, 3.63) is 34.9 Å². The number of rotatable bonds is 5. The fourth-order valence-corrected chi connectivity index (χ4v) is 2.44. The van der Waals surface area contributed by atoms with Gasteiger partial charge in [-0.25, -0.2) is 0 Å². The van der Waals surface area contributed by atoms with Crippen LogP contribution in [0.15, 0.2) is 24.3 Å². The third kappa shape index (κ3) is 4.62. The van der Waals surface area contributed by atoms with E-state index in [2.05, 4.69) is 10.2 Å². The van der Waals surface area contributed by atoms with Crippen LogP contribution >= 0.6 is 11.6 Å². The third-order valence-corrected chi connectivity index (χ3v) is 3.85. The van der Waals surface area contributed by atoms with Gasteiger partial charge in [0.2, 0.25) is 5.91 Å². The molecule has 1 aliphatic rings. The Morgan fingerprint density at radius 3 is 2.55 bits per heavy atom. The molecule has 1 heterocycles. The molecule has 1 aromatic carbocycles. The second-order valence-corrected chi connectivity index (χ2v) is 5.59. The van der Waals surface area contributed by atoms with Gasteiger partial charge in [0.05, 0.1) is 6.54 Å². The van der Waals surface area contributed by atoms with E-state index >= 15 is 0 Å².